The summed E-state index contributed by atoms with van der Waals surface area (Å²) in [7, 11) is 2.00. The molecule has 4 nitrogen and oxygen atoms in total. The standard InChI is InChI=1S/C19H25N3O/c1-21-11-5-8-18(21)15-20-19(23)22-12-9-17(10-13-22)14-16-6-3-2-4-7-16/h2-8,11,17H,9-10,12-15H2,1H3,(H,20,23). The Kier molecular flexibility index (Phi) is 5.01. The van der Waals surface area contributed by atoms with Gasteiger partial charge in [-0.15, -0.1) is 0 Å². The molecular weight excluding hydrogens is 286 g/mol. The first-order valence-electron chi connectivity index (χ1n) is 8.39. The van der Waals surface area contributed by atoms with E-state index in [1.54, 1.807) is 0 Å². The average molecular weight is 311 g/mol. The first kappa shape index (κ1) is 15.7. The molecule has 1 aliphatic rings. The Hall–Kier alpha value is -2.23. The van der Waals surface area contributed by atoms with E-state index >= 15 is 0 Å². The van der Waals surface area contributed by atoms with Crippen LogP contribution in [-0.2, 0) is 20.0 Å². The molecule has 1 aromatic heterocycles. The van der Waals surface area contributed by atoms with Gasteiger partial charge in [-0.2, -0.15) is 0 Å². The van der Waals surface area contributed by atoms with Gasteiger partial charge >= 0.3 is 6.03 Å². The fraction of sp³-hybridized carbons (Fsp3) is 0.421. The van der Waals surface area contributed by atoms with E-state index in [-0.39, 0.29) is 6.03 Å². The molecule has 23 heavy (non-hydrogen) atoms. The molecule has 0 atom stereocenters. The lowest BCUT2D eigenvalue weighted by Gasteiger charge is -2.32. The third-order valence-corrected chi connectivity index (χ3v) is 4.74. The Bertz CT molecular complexity index is 627. The van der Waals surface area contributed by atoms with Gasteiger partial charge in [0.2, 0.25) is 0 Å². The second-order valence-electron chi connectivity index (χ2n) is 6.39. The zero-order valence-corrected chi connectivity index (χ0v) is 13.7. The first-order chi connectivity index (χ1) is 11.2. The molecule has 1 aromatic carbocycles. The number of likely N-dealkylation sites (tertiary alicyclic amines) is 1. The summed E-state index contributed by atoms with van der Waals surface area (Å²) in [6.45, 7) is 2.30. The summed E-state index contributed by atoms with van der Waals surface area (Å²) < 4.78 is 2.03. The van der Waals surface area contributed by atoms with Crippen molar-refractivity contribution < 1.29 is 4.79 Å². The molecule has 1 saturated heterocycles. The van der Waals surface area contributed by atoms with E-state index in [1.165, 1.54) is 5.56 Å². The molecule has 1 N–H and O–H groups in total. The van der Waals surface area contributed by atoms with Gasteiger partial charge in [0, 0.05) is 32.0 Å². The molecule has 0 unspecified atom stereocenters. The topological polar surface area (TPSA) is 37.3 Å². The fourth-order valence-electron chi connectivity index (χ4n) is 3.25. The molecule has 122 valence electrons. The number of amides is 2. The van der Waals surface area contributed by atoms with Gasteiger partial charge in [0.15, 0.2) is 0 Å². The van der Waals surface area contributed by atoms with Gasteiger partial charge in [-0.1, -0.05) is 30.3 Å². The maximum absolute atomic E-state index is 12.3. The number of nitrogens with zero attached hydrogens (tertiary/aromatic N) is 2. The van der Waals surface area contributed by atoms with E-state index in [1.807, 2.05) is 34.8 Å². The van der Waals surface area contributed by atoms with E-state index in [4.69, 9.17) is 0 Å². The summed E-state index contributed by atoms with van der Waals surface area (Å²) >= 11 is 0. The van der Waals surface area contributed by atoms with Crippen LogP contribution < -0.4 is 5.32 Å². The third-order valence-electron chi connectivity index (χ3n) is 4.74. The third kappa shape index (κ3) is 4.15. The maximum Gasteiger partial charge on any atom is 0.317 e. The predicted octanol–water partition coefficient (Wildman–Crippen LogP) is 3.19. The van der Waals surface area contributed by atoms with Crippen molar-refractivity contribution in [2.45, 2.75) is 25.8 Å². The van der Waals surface area contributed by atoms with Crippen LogP contribution in [0.15, 0.2) is 48.7 Å². The van der Waals surface area contributed by atoms with Gasteiger partial charge in [-0.05, 0) is 42.9 Å². The first-order valence-corrected chi connectivity index (χ1v) is 8.39. The zero-order valence-electron chi connectivity index (χ0n) is 13.7. The summed E-state index contributed by atoms with van der Waals surface area (Å²) in [5.74, 6) is 0.689. The van der Waals surface area contributed by atoms with Crippen LogP contribution >= 0.6 is 0 Å². The minimum atomic E-state index is 0.0596. The van der Waals surface area contributed by atoms with Gasteiger partial charge in [-0.3, -0.25) is 0 Å². The maximum atomic E-state index is 12.3. The molecule has 0 radical (unpaired) electrons. The van der Waals surface area contributed by atoms with Crippen LogP contribution in [0, 0.1) is 5.92 Å². The van der Waals surface area contributed by atoms with Crippen molar-refractivity contribution in [2.24, 2.45) is 13.0 Å². The number of rotatable bonds is 4. The number of nitrogens with one attached hydrogen (secondary N) is 1. The smallest absolute Gasteiger partial charge is 0.317 e. The molecule has 1 aliphatic heterocycles. The van der Waals surface area contributed by atoms with E-state index in [0.717, 1.165) is 38.0 Å². The fourth-order valence-corrected chi connectivity index (χ4v) is 3.25. The molecule has 4 heteroatoms. The molecule has 1 fully saturated rings. The molecule has 2 aromatic rings. The Labute approximate surface area is 138 Å². The highest BCUT2D eigenvalue weighted by molar-refractivity contribution is 5.74. The van der Waals surface area contributed by atoms with Crippen molar-refractivity contribution >= 4 is 6.03 Å². The van der Waals surface area contributed by atoms with Crippen LogP contribution in [0.3, 0.4) is 0 Å². The minimum absolute atomic E-state index is 0.0596. The van der Waals surface area contributed by atoms with Crippen LogP contribution in [0.1, 0.15) is 24.1 Å². The predicted molar refractivity (Wildman–Crippen MR) is 92.1 cm³/mol. The van der Waals surface area contributed by atoms with E-state index in [9.17, 15) is 4.79 Å². The lowest BCUT2D eigenvalue weighted by molar-refractivity contribution is 0.170. The van der Waals surface area contributed by atoms with Gasteiger partial charge in [0.25, 0.3) is 0 Å². The van der Waals surface area contributed by atoms with Crippen molar-refractivity contribution in [2.75, 3.05) is 13.1 Å². The summed E-state index contributed by atoms with van der Waals surface area (Å²) in [4.78, 5) is 14.2. The SMILES string of the molecule is Cn1cccc1CNC(=O)N1CCC(Cc2ccccc2)CC1. The highest BCUT2D eigenvalue weighted by atomic mass is 16.2. The van der Waals surface area contributed by atoms with Crippen molar-refractivity contribution in [3.8, 4) is 0 Å². The van der Waals surface area contributed by atoms with Crippen molar-refractivity contribution in [3.63, 3.8) is 0 Å². The lowest BCUT2D eigenvalue weighted by atomic mass is 9.90. The van der Waals surface area contributed by atoms with E-state index in [0.29, 0.717) is 12.5 Å². The van der Waals surface area contributed by atoms with E-state index in [2.05, 4.69) is 35.6 Å². The number of hydrogen-bond acceptors (Lipinski definition) is 1. The average Bonchev–Trinajstić information content (AvgIpc) is 2.99. The highest BCUT2D eigenvalue weighted by Crippen LogP contribution is 2.21. The van der Waals surface area contributed by atoms with Crippen molar-refractivity contribution in [1.29, 1.82) is 0 Å². The number of benzene rings is 1. The summed E-state index contributed by atoms with van der Waals surface area (Å²) in [6.07, 6.45) is 5.30. The van der Waals surface area contributed by atoms with Crippen molar-refractivity contribution in [1.82, 2.24) is 14.8 Å². The molecule has 2 heterocycles. The van der Waals surface area contributed by atoms with Crippen LogP contribution in [-0.4, -0.2) is 28.6 Å². The molecule has 0 aliphatic carbocycles. The number of carbonyl (C=O) groups excluding carboxylic acids is 1. The quantitative estimate of drug-likeness (QED) is 0.925. The Morgan fingerprint density at radius 2 is 1.87 bits per heavy atom. The van der Waals surface area contributed by atoms with Gasteiger partial charge in [-0.25, -0.2) is 4.79 Å². The molecule has 0 saturated carbocycles. The van der Waals surface area contributed by atoms with Gasteiger partial charge in [0.1, 0.15) is 0 Å². The summed E-state index contributed by atoms with van der Waals surface area (Å²) in [5.41, 5.74) is 2.52. The van der Waals surface area contributed by atoms with Crippen LogP contribution in [0.4, 0.5) is 4.79 Å². The molecule has 3 rings (SSSR count). The Morgan fingerprint density at radius 1 is 1.13 bits per heavy atom. The molecular formula is C19H25N3O. The van der Waals surface area contributed by atoms with Gasteiger partial charge < -0.3 is 14.8 Å². The number of carbonyl (C=O) groups is 1. The van der Waals surface area contributed by atoms with Crippen LogP contribution in [0.25, 0.3) is 0 Å². The minimum Gasteiger partial charge on any atom is -0.353 e. The molecule has 0 spiro atoms. The second kappa shape index (κ2) is 7.36. The monoisotopic (exact) mass is 311 g/mol. The largest absolute Gasteiger partial charge is 0.353 e. The number of aryl methyl sites for hydroxylation is 1. The lowest BCUT2D eigenvalue weighted by Crippen LogP contribution is -2.44. The van der Waals surface area contributed by atoms with E-state index < -0.39 is 0 Å². The highest BCUT2D eigenvalue weighted by Gasteiger charge is 2.22. The Morgan fingerprint density at radius 3 is 2.52 bits per heavy atom. The normalized spacial score (nSPS) is 15.6. The summed E-state index contributed by atoms with van der Waals surface area (Å²) in [6, 6.07) is 14.7. The van der Waals surface area contributed by atoms with Crippen molar-refractivity contribution in [3.05, 3.63) is 59.9 Å². The van der Waals surface area contributed by atoms with Crippen LogP contribution in [0.5, 0.6) is 0 Å². The van der Waals surface area contributed by atoms with Gasteiger partial charge in [0.05, 0.1) is 6.54 Å². The Balaban J connectivity index is 1.43. The summed E-state index contributed by atoms with van der Waals surface area (Å²) in [5, 5.41) is 3.03. The number of hydrogen-bond donors (Lipinski definition) is 1. The zero-order chi connectivity index (χ0) is 16.1. The number of urea groups is 1. The van der Waals surface area contributed by atoms with Crippen LogP contribution in [0.2, 0.25) is 0 Å². The number of aromatic nitrogens is 1. The molecule has 0 bridgehead atoms. The second-order valence-corrected chi connectivity index (χ2v) is 6.39. The molecule has 2 amide bonds. The number of piperidine rings is 1.